The Morgan fingerprint density at radius 2 is 1.91 bits per heavy atom. The predicted molar refractivity (Wildman–Crippen MR) is 47.3 cm³/mol. The minimum absolute atomic E-state index is 0.0228. The molecule has 0 amide bonds. The molecule has 2 nitrogen and oxygen atoms in total. The fourth-order valence-electron chi connectivity index (χ4n) is 0.911. The summed E-state index contributed by atoms with van der Waals surface area (Å²) < 4.78 is 0. The van der Waals surface area contributed by atoms with Crippen LogP contribution in [-0.2, 0) is 4.79 Å². The number of carbonyl (C=O) groups excluding carboxylic acids is 1. The Morgan fingerprint density at radius 1 is 1.36 bits per heavy atom. The van der Waals surface area contributed by atoms with E-state index in [1.54, 1.807) is 0 Å². The lowest BCUT2D eigenvalue weighted by Crippen LogP contribution is -2.19. The second-order valence-corrected chi connectivity index (χ2v) is 3.65. The van der Waals surface area contributed by atoms with E-state index in [-0.39, 0.29) is 6.04 Å². The maximum absolute atomic E-state index is 11.1. The summed E-state index contributed by atoms with van der Waals surface area (Å²) in [4.78, 5) is 11.1. The second kappa shape index (κ2) is 5.30. The molecule has 1 atom stereocenters. The summed E-state index contributed by atoms with van der Waals surface area (Å²) in [6.07, 6.45) is 2.22. The van der Waals surface area contributed by atoms with Crippen LogP contribution in [0, 0.1) is 5.92 Å². The zero-order valence-electron chi connectivity index (χ0n) is 7.76. The van der Waals surface area contributed by atoms with Crippen LogP contribution in [0.25, 0.3) is 0 Å². The number of rotatable bonds is 5. The Bertz CT molecular complexity index is 119. The monoisotopic (exact) mass is 157 g/mol. The molecule has 2 heteroatoms. The van der Waals surface area contributed by atoms with Crippen LogP contribution in [0.5, 0.6) is 0 Å². The molecule has 0 aliphatic rings. The summed E-state index contributed by atoms with van der Waals surface area (Å²) in [6.45, 7) is 6.12. The zero-order chi connectivity index (χ0) is 8.85. The molecule has 0 rings (SSSR count). The van der Waals surface area contributed by atoms with Gasteiger partial charge in [0.05, 0.1) is 0 Å². The lowest BCUT2D eigenvalue weighted by Gasteiger charge is -2.05. The van der Waals surface area contributed by atoms with Crippen LogP contribution in [0.4, 0.5) is 0 Å². The highest BCUT2D eigenvalue weighted by Gasteiger charge is 2.05. The molecule has 0 aromatic rings. The van der Waals surface area contributed by atoms with E-state index in [1.807, 2.05) is 6.92 Å². The largest absolute Gasteiger partial charge is 0.328 e. The molecule has 2 N–H and O–H groups in total. The third kappa shape index (κ3) is 7.53. The minimum atomic E-state index is 0.0228. The van der Waals surface area contributed by atoms with Gasteiger partial charge in [0.1, 0.15) is 5.78 Å². The molecular weight excluding hydrogens is 138 g/mol. The molecule has 1 unspecified atom stereocenters. The van der Waals surface area contributed by atoms with Crippen molar-refractivity contribution >= 4 is 5.78 Å². The maximum Gasteiger partial charge on any atom is 0.134 e. The van der Waals surface area contributed by atoms with E-state index in [1.165, 1.54) is 0 Å². The van der Waals surface area contributed by atoms with Crippen LogP contribution >= 0.6 is 0 Å². The Kier molecular flexibility index (Phi) is 5.12. The van der Waals surface area contributed by atoms with Crippen LogP contribution in [-0.4, -0.2) is 11.8 Å². The lowest BCUT2D eigenvalue weighted by molar-refractivity contribution is -0.119. The molecule has 0 spiro atoms. The van der Waals surface area contributed by atoms with Crippen molar-refractivity contribution in [2.45, 2.75) is 46.1 Å². The first-order valence-electron chi connectivity index (χ1n) is 4.29. The van der Waals surface area contributed by atoms with Gasteiger partial charge in [-0.1, -0.05) is 13.8 Å². The summed E-state index contributed by atoms with van der Waals surface area (Å²) in [5.41, 5.74) is 5.48. The molecule has 0 fully saturated rings. The van der Waals surface area contributed by atoms with Crippen molar-refractivity contribution in [2.75, 3.05) is 0 Å². The highest BCUT2D eigenvalue weighted by atomic mass is 16.1. The number of hydrogen-bond acceptors (Lipinski definition) is 2. The smallest absolute Gasteiger partial charge is 0.134 e. The van der Waals surface area contributed by atoms with E-state index < -0.39 is 0 Å². The summed E-state index contributed by atoms with van der Waals surface area (Å²) in [7, 11) is 0. The number of nitrogens with two attached hydrogens (primary N) is 1. The van der Waals surface area contributed by atoms with Gasteiger partial charge < -0.3 is 5.73 Å². The molecule has 0 heterocycles. The van der Waals surface area contributed by atoms with Crippen LogP contribution in [0.1, 0.15) is 40.0 Å². The van der Waals surface area contributed by atoms with E-state index in [0.29, 0.717) is 24.5 Å². The van der Waals surface area contributed by atoms with Gasteiger partial charge in [0.15, 0.2) is 0 Å². The fourth-order valence-corrected chi connectivity index (χ4v) is 0.911. The standard InChI is InChI=1S/C9H19NO/c1-7(2)4-5-9(11)6-8(3)10/h7-8H,4-6,10H2,1-3H3. The van der Waals surface area contributed by atoms with Crippen LogP contribution < -0.4 is 5.73 Å². The number of hydrogen-bond donors (Lipinski definition) is 1. The van der Waals surface area contributed by atoms with Crippen molar-refractivity contribution in [1.82, 2.24) is 0 Å². The van der Waals surface area contributed by atoms with Gasteiger partial charge in [-0.05, 0) is 19.3 Å². The van der Waals surface area contributed by atoms with Gasteiger partial charge >= 0.3 is 0 Å². The average Bonchev–Trinajstić information content (AvgIpc) is 1.82. The first kappa shape index (κ1) is 10.6. The van der Waals surface area contributed by atoms with E-state index in [0.717, 1.165) is 6.42 Å². The van der Waals surface area contributed by atoms with Crippen molar-refractivity contribution in [3.05, 3.63) is 0 Å². The van der Waals surface area contributed by atoms with Crippen LogP contribution in [0.15, 0.2) is 0 Å². The second-order valence-electron chi connectivity index (χ2n) is 3.65. The number of Topliss-reactive ketones (excluding diaryl/α,β-unsaturated/α-hetero) is 1. The average molecular weight is 157 g/mol. The fraction of sp³-hybridized carbons (Fsp3) is 0.889. The van der Waals surface area contributed by atoms with Gasteiger partial charge in [0.25, 0.3) is 0 Å². The molecule has 0 radical (unpaired) electrons. The van der Waals surface area contributed by atoms with Crippen LogP contribution in [0.2, 0.25) is 0 Å². The molecule has 0 saturated heterocycles. The highest BCUT2D eigenvalue weighted by Crippen LogP contribution is 2.05. The Morgan fingerprint density at radius 3 is 2.27 bits per heavy atom. The van der Waals surface area contributed by atoms with Crippen molar-refractivity contribution in [3.63, 3.8) is 0 Å². The summed E-state index contributed by atoms with van der Waals surface area (Å²) in [5.74, 6) is 0.917. The van der Waals surface area contributed by atoms with E-state index >= 15 is 0 Å². The first-order chi connectivity index (χ1) is 5.02. The number of carbonyl (C=O) groups is 1. The first-order valence-corrected chi connectivity index (χ1v) is 4.29. The van der Waals surface area contributed by atoms with Gasteiger partial charge in [-0.25, -0.2) is 0 Å². The Labute approximate surface area is 69.2 Å². The van der Waals surface area contributed by atoms with Crippen LogP contribution in [0.3, 0.4) is 0 Å². The quantitative estimate of drug-likeness (QED) is 0.660. The molecular formula is C9H19NO. The zero-order valence-corrected chi connectivity index (χ0v) is 7.76. The maximum atomic E-state index is 11.1. The summed E-state index contributed by atoms with van der Waals surface area (Å²) in [6, 6.07) is 0.0228. The lowest BCUT2D eigenvalue weighted by atomic mass is 10.0. The normalized spacial score (nSPS) is 13.5. The third-order valence-corrected chi connectivity index (χ3v) is 1.55. The molecule has 66 valence electrons. The summed E-state index contributed by atoms with van der Waals surface area (Å²) in [5, 5.41) is 0. The van der Waals surface area contributed by atoms with Gasteiger partial charge in [0.2, 0.25) is 0 Å². The van der Waals surface area contributed by atoms with Gasteiger partial charge in [-0.2, -0.15) is 0 Å². The van der Waals surface area contributed by atoms with Gasteiger partial charge in [-0.15, -0.1) is 0 Å². The van der Waals surface area contributed by atoms with Crippen molar-refractivity contribution in [1.29, 1.82) is 0 Å². The van der Waals surface area contributed by atoms with Crippen molar-refractivity contribution in [2.24, 2.45) is 11.7 Å². The Balaban J connectivity index is 3.38. The highest BCUT2D eigenvalue weighted by molar-refractivity contribution is 5.78. The molecule has 11 heavy (non-hydrogen) atoms. The molecule has 0 aliphatic heterocycles. The van der Waals surface area contributed by atoms with Crippen molar-refractivity contribution in [3.8, 4) is 0 Å². The van der Waals surface area contributed by atoms with E-state index in [9.17, 15) is 4.79 Å². The van der Waals surface area contributed by atoms with Crippen molar-refractivity contribution < 1.29 is 4.79 Å². The molecule has 0 aromatic carbocycles. The van der Waals surface area contributed by atoms with Gasteiger partial charge in [-0.3, -0.25) is 4.79 Å². The van der Waals surface area contributed by atoms with E-state index in [2.05, 4.69) is 13.8 Å². The van der Waals surface area contributed by atoms with Gasteiger partial charge in [0, 0.05) is 18.9 Å². The summed E-state index contributed by atoms with van der Waals surface area (Å²) >= 11 is 0. The minimum Gasteiger partial charge on any atom is -0.328 e. The molecule has 0 aromatic heterocycles. The third-order valence-electron chi connectivity index (χ3n) is 1.55. The predicted octanol–water partition coefficient (Wildman–Crippen LogP) is 1.73. The SMILES string of the molecule is CC(C)CCC(=O)CC(C)N. The number of ketones is 1. The molecule has 0 aliphatic carbocycles. The van der Waals surface area contributed by atoms with E-state index in [4.69, 9.17) is 5.73 Å². The molecule has 0 saturated carbocycles. The molecule has 0 bridgehead atoms. The topological polar surface area (TPSA) is 43.1 Å². The Hall–Kier alpha value is -0.370.